The monoisotopic (exact) mass is 377 g/mol. The maximum Gasteiger partial charge on any atom is 0.253 e. The highest BCUT2D eigenvalue weighted by atomic mass is 16.5. The van der Waals surface area contributed by atoms with Gasteiger partial charge in [0.1, 0.15) is 0 Å². The van der Waals surface area contributed by atoms with Gasteiger partial charge in [0.15, 0.2) is 0 Å². The highest BCUT2D eigenvalue weighted by molar-refractivity contribution is 5.95. The Hall–Kier alpha value is -2.24. The number of rotatable bonds is 5. The number of likely N-dealkylation sites (tertiary alicyclic amines) is 1. The van der Waals surface area contributed by atoms with Crippen molar-refractivity contribution in [1.29, 1.82) is 0 Å². The van der Waals surface area contributed by atoms with Gasteiger partial charge in [0.25, 0.3) is 5.91 Å². The van der Waals surface area contributed by atoms with Gasteiger partial charge < -0.3 is 10.1 Å². The molecule has 3 aliphatic heterocycles. The molecule has 3 aliphatic rings. The number of carbonyl (C=O) groups is 1. The Morgan fingerprint density at radius 1 is 1.29 bits per heavy atom. The van der Waals surface area contributed by atoms with Gasteiger partial charge in [0.05, 0.1) is 17.3 Å². The molecule has 146 valence electrons. The van der Waals surface area contributed by atoms with Gasteiger partial charge in [0.2, 0.25) is 0 Å². The van der Waals surface area contributed by atoms with Gasteiger partial charge in [-0.2, -0.15) is 0 Å². The second kappa shape index (κ2) is 6.98. The fraction of sp³-hybridized carbons (Fsp3) is 0.478. The zero-order valence-electron chi connectivity index (χ0n) is 16.3. The van der Waals surface area contributed by atoms with Crippen molar-refractivity contribution in [3.63, 3.8) is 0 Å². The second-order valence-electron chi connectivity index (χ2n) is 8.53. The van der Waals surface area contributed by atoms with Crippen LogP contribution in [0.5, 0.6) is 0 Å². The Morgan fingerprint density at radius 2 is 2.14 bits per heavy atom. The van der Waals surface area contributed by atoms with Crippen LogP contribution in [0.25, 0.3) is 0 Å². The standard InChI is InChI=1S/C23H27N3O2/c1-16-18(8-5-11-24-16)22(27)25-12-19-20-14-26(13-17-6-3-2-4-7-17)15-23(20)10-9-21(19)28-23/h2-8,11,19-21H,9-10,12-15H2,1H3,(H,25,27)/t19-,20+,21+,23+/m0/s1. The van der Waals surface area contributed by atoms with Crippen molar-refractivity contribution >= 4 is 5.91 Å². The fourth-order valence-corrected chi connectivity index (χ4v) is 5.55. The van der Waals surface area contributed by atoms with E-state index in [1.54, 1.807) is 6.20 Å². The number of hydrogen-bond donors (Lipinski definition) is 1. The molecule has 1 aromatic heterocycles. The number of fused-ring (bicyclic) bond motifs is 1. The van der Waals surface area contributed by atoms with E-state index in [0.717, 1.165) is 38.2 Å². The number of amides is 1. The lowest BCUT2D eigenvalue weighted by Crippen LogP contribution is -2.42. The van der Waals surface area contributed by atoms with Gasteiger partial charge >= 0.3 is 0 Å². The summed E-state index contributed by atoms with van der Waals surface area (Å²) in [5.41, 5.74) is 2.79. The molecule has 3 saturated heterocycles. The van der Waals surface area contributed by atoms with Gasteiger partial charge in [-0.3, -0.25) is 14.7 Å². The van der Waals surface area contributed by atoms with E-state index in [2.05, 4.69) is 45.5 Å². The minimum absolute atomic E-state index is 0.000932. The minimum atomic E-state index is -0.0263. The smallest absolute Gasteiger partial charge is 0.253 e. The molecular weight excluding hydrogens is 350 g/mol. The van der Waals surface area contributed by atoms with Gasteiger partial charge in [0, 0.05) is 49.9 Å². The van der Waals surface area contributed by atoms with Crippen LogP contribution in [0.3, 0.4) is 0 Å². The average Bonchev–Trinajstić information content (AvgIpc) is 3.35. The molecule has 4 atom stereocenters. The first-order valence-corrected chi connectivity index (χ1v) is 10.3. The number of carbonyl (C=O) groups excluding carboxylic acids is 1. The largest absolute Gasteiger partial charge is 0.370 e. The van der Waals surface area contributed by atoms with E-state index in [-0.39, 0.29) is 11.5 Å². The van der Waals surface area contributed by atoms with Crippen LogP contribution in [0.15, 0.2) is 48.7 Å². The summed E-state index contributed by atoms with van der Waals surface area (Å²) in [5, 5.41) is 3.16. The van der Waals surface area contributed by atoms with E-state index in [1.807, 2.05) is 19.1 Å². The summed E-state index contributed by atoms with van der Waals surface area (Å²) in [6, 6.07) is 14.3. The third kappa shape index (κ3) is 3.03. The van der Waals surface area contributed by atoms with E-state index < -0.39 is 0 Å². The summed E-state index contributed by atoms with van der Waals surface area (Å²) in [6.07, 6.45) is 4.28. The SMILES string of the molecule is Cc1ncccc1C(=O)NC[C@H]1[C@H]2CN(Cc3ccccc3)C[C@]23CC[C@H]1O3. The van der Waals surface area contributed by atoms with Gasteiger partial charge in [-0.25, -0.2) is 0 Å². The molecule has 5 nitrogen and oxygen atoms in total. The van der Waals surface area contributed by atoms with Crippen molar-refractivity contribution in [3.05, 3.63) is 65.5 Å². The summed E-state index contributed by atoms with van der Waals surface area (Å²) in [7, 11) is 0. The van der Waals surface area contributed by atoms with Crippen LogP contribution in [-0.2, 0) is 11.3 Å². The number of hydrogen-bond acceptors (Lipinski definition) is 4. The fourth-order valence-electron chi connectivity index (χ4n) is 5.55. The van der Waals surface area contributed by atoms with Crippen molar-refractivity contribution < 1.29 is 9.53 Å². The molecule has 1 spiro atoms. The van der Waals surface area contributed by atoms with Crippen molar-refractivity contribution in [2.45, 2.75) is 38.0 Å². The third-order valence-electron chi connectivity index (χ3n) is 6.85. The topological polar surface area (TPSA) is 54.5 Å². The Kier molecular flexibility index (Phi) is 4.44. The predicted molar refractivity (Wildman–Crippen MR) is 107 cm³/mol. The van der Waals surface area contributed by atoms with Crippen molar-refractivity contribution in [2.75, 3.05) is 19.6 Å². The molecule has 1 amide bonds. The molecule has 0 unspecified atom stereocenters. The summed E-state index contributed by atoms with van der Waals surface area (Å²) < 4.78 is 6.52. The van der Waals surface area contributed by atoms with Crippen LogP contribution in [0.4, 0.5) is 0 Å². The van der Waals surface area contributed by atoms with Crippen LogP contribution in [-0.4, -0.2) is 47.1 Å². The first-order chi connectivity index (χ1) is 13.6. The molecule has 2 aromatic rings. The molecule has 2 bridgehead atoms. The Bertz CT molecular complexity index is 871. The average molecular weight is 377 g/mol. The molecule has 5 rings (SSSR count). The number of aromatic nitrogens is 1. The Morgan fingerprint density at radius 3 is 2.96 bits per heavy atom. The Balaban J connectivity index is 1.25. The quantitative estimate of drug-likeness (QED) is 0.871. The summed E-state index contributed by atoms with van der Waals surface area (Å²) in [6.45, 7) is 5.60. The van der Waals surface area contributed by atoms with Crippen LogP contribution < -0.4 is 5.32 Å². The molecule has 0 aliphatic carbocycles. The number of benzene rings is 1. The lowest BCUT2D eigenvalue weighted by Gasteiger charge is -2.29. The summed E-state index contributed by atoms with van der Waals surface area (Å²) in [4.78, 5) is 19.4. The molecule has 5 heteroatoms. The molecule has 0 saturated carbocycles. The van der Waals surface area contributed by atoms with E-state index in [0.29, 0.717) is 30.0 Å². The minimum Gasteiger partial charge on any atom is -0.370 e. The second-order valence-corrected chi connectivity index (χ2v) is 8.53. The Labute approximate surface area is 166 Å². The van der Waals surface area contributed by atoms with Gasteiger partial charge in [-0.15, -0.1) is 0 Å². The third-order valence-corrected chi connectivity index (χ3v) is 6.85. The van der Waals surface area contributed by atoms with Crippen LogP contribution >= 0.6 is 0 Å². The highest BCUT2D eigenvalue weighted by Gasteiger charge is 2.62. The normalized spacial score (nSPS) is 31.1. The molecule has 0 radical (unpaired) electrons. The predicted octanol–water partition coefficient (Wildman–Crippen LogP) is 2.80. The molecule has 28 heavy (non-hydrogen) atoms. The van der Waals surface area contributed by atoms with Crippen molar-refractivity contribution in [2.24, 2.45) is 11.8 Å². The first-order valence-electron chi connectivity index (χ1n) is 10.3. The van der Waals surface area contributed by atoms with E-state index in [4.69, 9.17) is 4.74 Å². The molecule has 1 aromatic carbocycles. The molecular formula is C23H27N3O2. The van der Waals surface area contributed by atoms with Crippen molar-refractivity contribution in [3.8, 4) is 0 Å². The van der Waals surface area contributed by atoms with Crippen molar-refractivity contribution in [1.82, 2.24) is 15.2 Å². The highest BCUT2D eigenvalue weighted by Crippen LogP contribution is 2.54. The van der Waals surface area contributed by atoms with E-state index in [1.165, 1.54) is 5.56 Å². The number of aryl methyl sites for hydroxylation is 1. The number of nitrogens with one attached hydrogen (secondary N) is 1. The molecule has 1 N–H and O–H groups in total. The number of ether oxygens (including phenoxy) is 1. The summed E-state index contributed by atoms with van der Waals surface area (Å²) >= 11 is 0. The zero-order chi connectivity index (χ0) is 19.1. The molecule has 3 fully saturated rings. The maximum absolute atomic E-state index is 12.6. The van der Waals surface area contributed by atoms with Gasteiger partial charge in [-0.1, -0.05) is 30.3 Å². The van der Waals surface area contributed by atoms with Crippen LogP contribution in [0, 0.1) is 18.8 Å². The van der Waals surface area contributed by atoms with Crippen LogP contribution in [0.2, 0.25) is 0 Å². The van der Waals surface area contributed by atoms with E-state index >= 15 is 0 Å². The first kappa shape index (κ1) is 17.8. The van der Waals surface area contributed by atoms with E-state index in [9.17, 15) is 4.79 Å². The lowest BCUT2D eigenvalue weighted by molar-refractivity contribution is 0.00212. The zero-order valence-corrected chi connectivity index (χ0v) is 16.3. The molecule has 4 heterocycles. The number of pyridine rings is 1. The summed E-state index contributed by atoms with van der Waals surface area (Å²) in [5.74, 6) is 0.877. The van der Waals surface area contributed by atoms with Crippen LogP contribution in [0.1, 0.15) is 34.5 Å². The lowest BCUT2D eigenvalue weighted by atomic mass is 9.73. The van der Waals surface area contributed by atoms with Gasteiger partial charge in [-0.05, 0) is 37.5 Å². The number of nitrogens with zero attached hydrogens (tertiary/aromatic N) is 2. The maximum atomic E-state index is 12.6.